The van der Waals surface area contributed by atoms with Gasteiger partial charge in [0.25, 0.3) is 0 Å². The van der Waals surface area contributed by atoms with Crippen LogP contribution >= 0.6 is 0 Å². The van der Waals surface area contributed by atoms with Crippen molar-refractivity contribution in [2.75, 3.05) is 17.2 Å². The van der Waals surface area contributed by atoms with E-state index in [2.05, 4.69) is 10.6 Å². The Hall–Kier alpha value is -2.53. The molecule has 0 saturated carbocycles. The van der Waals surface area contributed by atoms with Crippen molar-refractivity contribution >= 4 is 17.3 Å². The first kappa shape index (κ1) is 17.8. The van der Waals surface area contributed by atoms with Gasteiger partial charge in [-0.05, 0) is 50.6 Å². The molecule has 3 N–H and O–H groups in total. The first-order valence-corrected chi connectivity index (χ1v) is 8.04. The maximum Gasteiger partial charge on any atom is 0.246 e. The molecule has 0 saturated heterocycles. The fourth-order valence-electron chi connectivity index (χ4n) is 2.36. The molecule has 0 aliphatic heterocycles. The summed E-state index contributed by atoms with van der Waals surface area (Å²) in [5.41, 5.74) is 3.27. The van der Waals surface area contributed by atoms with Gasteiger partial charge in [0.05, 0.1) is 13.2 Å². The van der Waals surface area contributed by atoms with Crippen molar-refractivity contribution in [3.8, 4) is 5.75 Å². The van der Waals surface area contributed by atoms with Crippen LogP contribution in [0.25, 0.3) is 0 Å². The Morgan fingerprint density at radius 1 is 1.25 bits per heavy atom. The SMILES string of the molecule is CCOc1ccc(NC(C)C(=O)Nc2ccccc2C)cc1CO. The van der Waals surface area contributed by atoms with Gasteiger partial charge >= 0.3 is 0 Å². The van der Waals surface area contributed by atoms with E-state index in [9.17, 15) is 9.90 Å². The minimum Gasteiger partial charge on any atom is -0.494 e. The molecule has 0 aliphatic carbocycles. The van der Waals surface area contributed by atoms with Crippen molar-refractivity contribution in [3.63, 3.8) is 0 Å². The zero-order valence-corrected chi connectivity index (χ0v) is 14.3. The predicted molar refractivity (Wildman–Crippen MR) is 96.4 cm³/mol. The number of anilines is 2. The molecular formula is C19H24N2O3. The van der Waals surface area contributed by atoms with Crippen molar-refractivity contribution in [3.05, 3.63) is 53.6 Å². The van der Waals surface area contributed by atoms with Crippen LogP contribution in [0.2, 0.25) is 0 Å². The molecule has 0 aliphatic rings. The highest BCUT2D eigenvalue weighted by Crippen LogP contribution is 2.23. The Kier molecular flexibility index (Phi) is 6.21. The number of aliphatic hydroxyl groups excluding tert-OH is 1. The van der Waals surface area contributed by atoms with E-state index in [-0.39, 0.29) is 12.5 Å². The average molecular weight is 328 g/mol. The highest BCUT2D eigenvalue weighted by Gasteiger charge is 2.14. The summed E-state index contributed by atoms with van der Waals surface area (Å²) >= 11 is 0. The number of ether oxygens (including phenoxy) is 1. The molecule has 1 unspecified atom stereocenters. The summed E-state index contributed by atoms with van der Waals surface area (Å²) in [6, 6.07) is 12.7. The quantitative estimate of drug-likeness (QED) is 0.729. The molecule has 2 aromatic rings. The summed E-state index contributed by atoms with van der Waals surface area (Å²) in [5.74, 6) is 0.534. The molecule has 0 spiro atoms. The number of aryl methyl sites for hydroxylation is 1. The summed E-state index contributed by atoms with van der Waals surface area (Å²) in [7, 11) is 0. The van der Waals surface area contributed by atoms with E-state index in [0.29, 0.717) is 17.9 Å². The summed E-state index contributed by atoms with van der Waals surface area (Å²) in [6.45, 7) is 6.06. The van der Waals surface area contributed by atoms with E-state index in [1.54, 1.807) is 19.1 Å². The van der Waals surface area contributed by atoms with Gasteiger partial charge in [-0.3, -0.25) is 4.79 Å². The Labute approximate surface area is 142 Å². The molecule has 24 heavy (non-hydrogen) atoms. The highest BCUT2D eigenvalue weighted by atomic mass is 16.5. The van der Waals surface area contributed by atoms with Crippen LogP contribution in [0.4, 0.5) is 11.4 Å². The third kappa shape index (κ3) is 4.49. The van der Waals surface area contributed by atoms with Gasteiger partial charge < -0.3 is 20.5 Å². The fourth-order valence-corrected chi connectivity index (χ4v) is 2.36. The number of hydrogen-bond acceptors (Lipinski definition) is 4. The maximum atomic E-state index is 12.3. The lowest BCUT2D eigenvalue weighted by molar-refractivity contribution is -0.116. The van der Waals surface area contributed by atoms with E-state index in [1.165, 1.54) is 0 Å². The number of carbonyl (C=O) groups excluding carboxylic acids is 1. The number of benzene rings is 2. The van der Waals surface area contributed by atoms with Gasteiger partial charge in [-0.15, -0.1) is 0 Å². The second-order valence-electron chi connectivity index (χ2n) is 5.58. The molecule has 0 heterocycles. The smallest absolute Gasteiger partial charge is 0.246 e. The number of rotatable bonds is 7. The largest absolute Gasteiger partial charge is 0.494 e. The molecule has 1 atom stereocenters. The van der Waals surface area contributed by atoms with Crippen molar-refractivity contribution in [2.24, 2.45) is 0 Å². The summed E-state index contributed by atoms with van der Waals surface area (Å²) in [5, 5.41) is 15.5. The zero-order chi connectivity index (χ0) is 17.5. The highest BCUT2D eigenvalue weighted by molar-refractivity contribution is 5.96. The van der Waals surface area contributed by atoms with Crippen LogP contribution in [0.1, 0.15) is 25.0 Å². The number of carbonyl (C=O) groups is 1. The molecule has 128 valence electrons. The lowest BCUT2D eigenvalue weighted by Crippen LogP contribution is -2.32. The summed E-state index contributed by atoms with van der Waals surface area (Å²) < 4.78 is 5.46. The number of amides is 1. The Balaban J connectivity index is 2.04. The lowest BCUT2D eigenvalue weighted by Gasteiger charge is -2.17. The molecule has 5 heteroatoms. The van der Waals surface area contributed by atoms with E-state index < -0.39 is 6.04 Å². The third-order valence-corrected chi connectivity index (χ3v) is 3.71. The molecule has 0 aromatic heterocycles. The van der Waals surface area contributed by atoms with Crippen LogP contribution in [0, 0.1) is 6.92 Å². The topological polar surface area (TPSA) is 70.6 Å². The van der Waals surface area contributed by atoms with Crippen LogP contribution in [0.15, 0.2) is 42.5 Å². The van der Waals surface area contributed by atoms with Crippen LogP contribution in [0.3, 0.4) is 0 Å². The zero-order valence-electron chi connectivity index (χ0n) is 14.3. The van der Waals surface area contributed by atoms with Crippen molar-refractivity contribution in [1.82, 2.24) is 0 Å². The van der Waals surface area contributed by atoms with Gasteiger partial charge in [0, 0.05) is 16.9 Å². The number of aliphatic hydroxyl groups is 1. The first-order valence-electron chi connectivity index (χ1n) is 8.04. The van der Waals surface area contributed by atoms with Crippen LogP contribution in [-0.4, -0.2) is 23.7 Å². The normalized spacial score (nSPS) is 11.7. The van der Waals surface area contributed by atoms with Crippen molar-refractivity contribution in [1.29, 1.82) is 0 Å². The van der Waals surface area contributed by atoms with E-state index >= 15 is 0 Å². The molecule has 0 radical (unpaired) electrons. The third-order valence-electron chi connectivity index (χ3n) is 3.71. The number of nitrogens with one attached hydrogen (secondary N) is 2. The van der Waals surface area contributed by atoms with E-state index in [4.69, 9.17) is 4.74 Å². The first-order chi connectivity index (χ1) is 11.5. The second kappa shape index (κ2) is 8.36. The summed E-state index contributed by atoms with van der Waals surface area (Å²) in [4.78, 5) is 12.3. The van der Waals surface area contributed by atoms with Gasteiger partial charge in [-0.25, -0.2) is 0 Å². The molecule has 2 rings (SSSR count). The molecule has 0 bridgehead atoms. The minimum absolute atomic E-state index is 0.116. The standard InChI is InChI=1S/C19H24N2O3/c1-4-24-18-10-9-16(11-15(18)12-22)20-14(3)19(23)21-17-8-6-5-7-13(17)2/h5-11,14,20,22H,4,12H2,1-3H3,(H,21,23). The monoisotopic (exact) mass is 328 g/mol. The van der Waals surface area contributed by atoms with E-state index in [1.807, 2.05) is 44.2 Å². The average Bonchev–Trinajstić information content (AvgIpc) is 2.58. The van der Waals surface area contributed by atoms with Crippen molar-refractivity contribution < 1.29 is 14.6 Å². The molecule has 1 amide bonds. The van der Waals surface area contributed by atoms with Gasteiger partial charge in [0.15, 0.2) is 0 Å². The number of hydrogen-bond donors (Lipinski definition) is 3. The van der Waals surface area contributed by atoms with Gasteiger partial charge in [-0.2, -0.15) is 0 Å². The summed E-state index contributed by atoms with van der Waals surface area (Å²) in [6.07, 6.45) is 0. The van der Waals surface area contributed by atoms with Gasteiger partial charge in [0.2, 0.25) is 5.91 Å². The Morgan fingerprint density at radius 2 is 2.00 bits per heavy atom. The van der Waals surface area contributed by atoms with E-state index in [0.717, 1.165) is 16.9 Å². The fraction of sp³-hybridized carbons (Fsp3) is 0.316. The maximum absolute atomic E-state index is 12.3. The van der Waals surface area contributed by atoms with Gasteiger partial charge in [0.1, 0.15) is 11.8 Å². The van der Waals surface area contributed by atoms with Crippen molar-refractivity contribution in [2.45, 2.75) is 33.4 Å². The van der Waals surface area contributed by atoms with Crippen LogP contribution < -0.4 is 15.4 Å². The van der Waals surface area contributed by atoms with Crippen LogP contribution in [0.5, 0.6) is 5.75 Å². The molecular weight excluding hydrogens is 304 g/mol. The number of para-hydroxylation sites is 1. The van der Waals surface area contributed by atoms with Crippen LogP contribution in [-0.2, 0) is 11.4 Å². The Morgan fingerprint density at radius 3 is 2.67 bits per heavy atom. The predicted octanol–water partition coefficient (Wildman–Crippen LogP) is 3.33. The Bertz CT molecular complexity index is 701. The lowest BCUT2D eigenvalue weighted by atomic mass is 10.1. The molecule has 2 aromatic carbocycles. The molecule has 0 fully saturated rings. The molecule has 5 nitrogen and oxygen atoms in total. The van der Waals surface area contributed by atoms with Gasteiger partial charge in [-0.1, -0.05) is 18.2 Å². The minimum atomic E-state index is -0.422. The second-order valence-corrected chi connectivity index (χ2v) is 5.58.